The normalized spacial score (nSPS) is 27.8. The number of fused-ring (bicyclic) bond motifs is 1. The van der Waals surface area contributed by atoms with Crippen molar-refractivity contribution < 1.29 is 22.8 Å². The number of hydrogen-bond acceptors (Lipinski definition) is 9. The van der Waals surface area contributed by atoms with E-state index in [4.69, 9.17) is 5.14 Å². The van der Waals surface area contributed by atoms with Gasteiger partial charge in [-0.1, -0.05) is 24.3 Å². The molecule has 0 saturated heterocycles. The third-order valence-corrected chi connectivity index (χ3v) is 6.34. The molecule has 0 bridgehead atoms. The fourth-order valence-corrected chi connectivity index (χ4v) is 4.77. The van der Waals surface area contributed by atoms with Gasteiger partial charge in [-0.2, -0.15) is 8.42 Å². The Morgan fingerprint density at radius 2 is 1.87 bits per heavy atom. The van der Waals surface area contributed by atoms with Crippen LogP contribution in [0.5, 0.6) is 0 Å². The summed E-state index contributed by atoms with van der Waals surface area (Å²) in [6, 6.07) is 9.72. The number of nitrogens with two attached hydrogens (primary N) is 1. The third-order valence-electron chi connectivity index (χ3n) is 5.87. The molecule has 2 aromatic rings. The van der Waals surface area contributed by atoms with Gasteiger partial charge in [0.1, 0.15) is 23.6 Å². The summed E-state index contributed by atoms with van der Waals surface area (Å²) in [4.78, 5) is 8.86. The maximum absolute atomic E-state index is 11.0. The zero-order valence-corrected chi connectivity index (χ0v) is 17.9. The highest BCUT2D eigenvalue weighted by molar-refractivity contribution is 7.84. The molecule has 0 spiro atoms. The molecule has 1 aromatic carbocycles. The van der Waals surface area contributed by atoms with Crippen LogP contribution < -0.4 is 15.8 Å². The summed E-state index contributed by atoms with van der Waals surface area (Å²) in [5.74, 6) is 1.15. The number of rotatable bonds is 7. The van der Waals surface area contributed by atoms with E-state index in [0.29, 0.717) is 23.9 Å². The van der Waals surface area contributed by atoms with Crippen LogP contribution in [0.2, 0.25) is 0 Å². The summed E-state index contributed by atoms with van der Waals surface area (Å²) in [6.07, 6.45) is 0.0264. The number of benzene rings is 1. The van der Waals surface area contributed by atoms with Crippen molar-refractivity contribution >= 4 is 21.9 Å². The van der Waals surface area contributed by atoms with Crippen molar-refractivity contribution in [2.45, 2.75) is 50.5 Å². The fourth-order valence-electron chi connectivity index (χ4n) is 4.41. The van der Waals surface area contributed by atoms with Crippen molar-refractivity contribution in [2.75, 3.05) is 17.2 Å². The lowest BCUT2D eigenvalue weighted by Gasteiger charge is -2.20. The summed E-state index contributed by atoms with van der Waals surface area (Å²) in [5, 5.41) is 32.1. The Labute approximate surface area is 181 Å². The van der Waals surface area contributed by atoms with Gasteiger partial charge < -0.3 is 20.8 Å². The van der Waals surface area contributed by atoms with E-state index in [9.17, 15) is 18.6 Å². The zero-order valence-electron chi connectivity index (χ0n) is 17.1. The number of aliphatic hydroxyl groups excluding tert-OH is 2. The Balaban J connectivity index is 1.44. The first-order valence-corrected chi connectivity index (χ1v) is 11.7. The second-order valence-electron chi connectivity index (χ2n) is 8.13. The molecule has 2 aliphatic rings. The van der Waals surface area contributed by atoms with Crippen molar-refractivity contribution in [3.05, 3.63) is 47.3 Å². The van der Waals surface area contributed by atoms with Crippen LogP contribution in [0.25, 0.3) is 0 Å². The molecule has 1 heterocycles. The van der Waals surface area contributed by atoms with Gasteiger partial charge in [0.05, 0.1) is 24.8 Å². The quantitative estimate of drug-likeness (QED) is 0.408. The molecule has 11 heteroatoms. The van der Waals surface area contributed by atoms with Crippen LogP contribution in [-0.4, -0.2) is 53.5 Å². The first kappa shape index (κ1) is 21.9. The van der Waals surface area contributed by atoms with Gasteiger partial charge in [-0.15, -0.1) is 0 Å². The molecule has 1 unspecified atom stereocenters. The average molecular weight is 450 g/mol. The average Bonchev–Trinajstić information content (AvgIpc) is 3.22. The second kappa shape index (κ2) is 8.67. The van der Waals surface area contributed by atoms with Gasteiger partial charge in [0.25, 0.3) is 0 Å². The highest BCUT2D eigenvalue weighted by atomic mass is 32.2. The standard InChI is InChI=1S/C20H27N5O5S/c1-11-22-17(24-15-7-6-12-4-2-3-5-14(12)15)9-18(23-11)25-16-8-13(19(26)20(16)27)10-30-31(21,28)29/h2-5,9,13,15-16,19-20,26-27H,6-8,10H2,1H3,(H2,21,28,29)(H2,22,23,24,25)/t13-,15+,16?,19-,20+/m1/s1. The minimum atomic E-state index is -4.11. The van der Waals surface area contributed by atoms with Gasteiger partial charge in [0.2, 0.25) is 0 Å². The first-order valence-electron chi connectivity index (χ1n) is 10.2. The molecule has 4 rings (SSSR count). The number of anilines is 2. The van der Waals surface area contributed by atoms with E-state index in [2.05, 4.69) is 36.9 Å². The third kappa shape index (κ3) is 5.13. The Hall–Kier alpha value is -2.31. The molecule has 2 aliphatic carbocycles. The van der Waals surface area contributed by atoms with E-state index in [1.165, 1.54) is 11.1 Å². The van der Waals surface area contributed by atoms with Crippen LogP contribution in [0.4, 0.5) is 11.6 Å². The molecule has 5 atom stereocenters. The maximum atomic E-state index is 11.0. The van der Waals surface area contributed by atoms with Crippen molar-refractivity contribution in [3.63, 3.8) is 0 Å². The molecule has 168 valence electrons. The zero-order chi connectivity index (χ0) is 22.2. The van der Waals surface area contributed by atoms with Gasteiger partial charge in [-0.05, 0) is 37.3 Å². The molecular weight excluding hydrogens is 422 g/mol. The highest BCUT2D eigenvalue weighted by Crippen LogP contribution is 2.34. The van der Waals surface area contributed by atoms with Crippen molar-refractivity contribution in [1.29, 1.82) is 0 Å². The van der Waals surface area contributed by atoms with Gasteiger partial charge in [-0.25, -0.2) is 15.1 Å². The van der Waals surface area contributed by atoms with Gasteiger partial charge in [0.15, 0.2) is 0 Å². The van der Waals surface area contributed by atoms with Gasteiger partial charge >= 0.3 is 10.3 Å². The van der Waals surface area contributed by atoms with Crippen LogP contribution in [0.3, 0.4) is 0 Å². The molecule has 1 fully saturated rings. The van der Waals surface area contributed by atoms with Crippen LogP contribution in [-0.2, 0) is 20.9 Å². The molecule has 0 aliphatic heterocycles. The summed E-state index contributed by atoms with van der Waals surface area (Å²) in [7, 11) is -4.11. The minimum Gasteiger partial charge on any atom is -0.390 e. The number of aromatic nitrogens is 2. The Morgan fingerprint density at radius 1 is 1.16 bits per heavy atom. The minimum absolute atomic E-state index is 0.164. The SMILES string of the molecule is Cc1nc(NC2C[C@H](COS(N)(=O)=O)[C@@H](O)[C@H]2O)cc(N[C@H]2CCc3ccccc32)n1. The number of nitrogens with one attached hydrogen (secondary N) is 2. The van der Waals surface area contributed by atoms with E-state index in [1.54, 1.807) is 13.0 Å². The smallest absolute Gasteiger partial charge is 0.333 e. The van der Waals surface area contributed by atoms with Crippen LogP contribution in [0.1, 0.15) is 35.8 Å². The van der Waals surface area contributed by atoms with Crippen LogP contribution in [0.15, 0.2) is 30.3 Å². The number of hydrogen-bond donors (Lipinski definition) is 5. The Kier molecular flexibility index (Phi) is 6.13. The lowest BCUT2D eigenvalue weighted by molar-refractivity contribution is 0.00778. The van der Waals surface area contributed by atoms with E-state index in [-0.39, 0.29) is 12.6 Å². The predicted octanol–water partition coefficient (Wildman–Crippen LogP) is 0.627. The molecule has 31 heavy (non-hydrogen) atoms. The van der Waals surface area contributed by atoms with E-state index >= 15 is 0 Å². The molecule has 10 nitrogen and oxygen atoms in total. The van der Waals surface area contributed by atoms with Crippen LogP contribution >= 0.6 is 0 Å². The number of aryl methyl sites for hydroxylation is 2. The topological polar surface area (TPSA) is 160 Å². The summed E-state index contributed by atoms with van der Waals surface area (Å²) >= 11 is 0. The number of aliphatic hydroxyl groups is 2. The van der Waals surface area contributed by atoms with E-state index < -0.39 is 34.5 Å². The summed E-state index contributed by atoms with van der Waals surface area (Å²) in [6.45, 7) is 1.48. The second-order valence-corrected chi connectivity index (χ2v) is 9.35. The largest absolute Gasteiger partial charge is 0.390 e. The molecule has 0 radical (unpaired) electrons. The molecular formula is C20H27N5O5S. The van der Waals surface area contributed by atoms with Crippen molar-refractivity contribution in [1.82, 2.24) is 9.97 Å². The molecule has 0 amide bonds. The summed E-state index contributed by atoms with van der Waals surface area (Å²) in [5.41, 5.74) is 2.60. The number of nitrogens with zero attached hydrogens (tertiary/aromatic N) is 2. The summed E-state index contributed by atoms with van der Waals surface area (Å²) < 4.78 is 26.6. The lowest BCUT2D eigenvalue weighted by Crippen LogP contribution is -2.36. The Morgan fingerprint density at radius 3 is 2.61 bits per heavy atom. The van der Waals surface area contributed by atoms with Crippen molar-refractivity contribution in [2.24, 2.45) is 11.1 Å². The van der Waals surface area contributed by atoms with Gasteiger partial charge in [-0.3, -0.25) is 4.18 Å². The monoisotopic (exact) mass is 449 g/mol. The van der Waals surface area contributed by atoms with Gasteiger partial charge in [0, 0.05) is 12.0 Å². The maximum Gasteiger partial charge on any atom is 0.333 e. The predicted molar refractivity (Wildman–Crippen MR) is 114 cm³/mol. The van der Waals surface area contributed by atoms with E-state index in [0.717, 1.165) is 12.8 Å². The highest BCUT2D eigenvalue weighted by Gasteiger charge is 2.42. The fraction of sp³-hybridized carbons (Fsp3) is 0.500. The molecule has 1 aromatic heterocycles. The molecule has 6 N–H and O–H groups in total. The Bertz CT molecular complexity index is 1050. The first-order chi connectivity index (χ1) is 14.7. The molecule has 1 saturated carbocycles. The van der Waals surface area contributed by atoms with Crippen molar-refractivity contribution in [3.8, 4) is 0 Å². The van der Waals surface area contributed by atoms with E-state index in [1.807, 2.05) is 12.1 Å². The van der Waals surface area contributed by atoms with Crippen LogP contribution in [0, 0.1) is 12.8 Å². The lowest BCUT2D eigenvalue weighted by atomic mass is 10.1.